The number of aromatic hydroxyl groups is 1. The first-order valence-electron chi connectivity index (χ1n) is 3.40. The Morgan fingerprint density at radius 3 is 2.75 bits per heavy atom. The summed E-state index contributed by atoms with van der Waals surface area (Å²) in [5, 5.41) is 17.6. The van der Waals surface area contributed by atoms with Crippen LogP contribution in [0.3, 0.4) is 0 Å². The van der Waals surface area contributed by atoms with E-state index in [4.69, 9.17) is 5.21 Å². The molecule has 4 nitrogen and oxygen atoms in total. The highest BCUT2D eigenvalue weighted by Gasteiger charge is 2.10. The van der Waals surface area contributed by atoms with Crippen molar-refractivity contribution in [3.05, 3.63) is 29.3 Å². The molecule has 0 saturated heterocycles. The lowest BCUT2D eigenvalue weighted by molar-refractivity contribution is 0.0703. The van der Waals surface area contributed by atoms with E-state index in [-0.39, 0.29) is 11.3 Å². The molecule has 0 radical (unpaired) electrons. The third-order valence-electron chi connectivity index (χ3n) is 1.58. The number of benzene rings is 1. The van der Waals surface area contributed by atoms with Gasteiger partial charge in [0.2, 0.25) is 0 Å². The van der Waals surface area contributed by atoms with Crippen LogP contribution in [0.5, 0.6) is 5.75 Å². The highest BCUT2D eigenvalue weighted by Crippen LogP contribution is 2.20. The SMILES string of the molecule is Cc1cccc(C(=O)NO)c1O. The topological polar surface area (TPSA) is 69.6 Å². The van der Waals surface area contributed by atoms with Crippen LogP contribution in [0.15, 0.2) is 18.2 Å². The number of rotatable bonds is 1. The molecule has 0 atom stereocenters. The summed E-state index contributed by atoms with van der Waals surface area (Å²) in [5.41, 5.74) is 2.11. The number of aryl methyl sites for hydroxylation is 1. The first-order valence-corrected chi connectivity index (χ1v) is 3.40. The predicted octanol–water partition coefficient (Wildman–Crippen LogP) is 0.820. The molecule has 0 aliphatic rings. The van der Waals surface area contributed by atoms with Crippen molar-refractivity contribution in [2.24, 2.45) is 0 Å². The maximum atomic E-state index is 10.9. The van der Waals surface area contributed by atoms with Gasteiger partial charge in [-0.1, -0.05) is 12.1 Å². The number of carbonyl (C=O) groups is 1. The van der Waals surface area contributed by atoms with E-state index in [1.807, 2.05) is 0 Å². The minimum atomic E-state index is -0.712. The molecule has 0 fully saturated rings. The van der Waals surface area contributed by atoms with E-state index in [2.05, 4.69) is 0 Å². The third-order valence-corrected chi connectivity index (χ3v) is 1.58. The maximum absolute atomic E-state index is 10.9. The summed E-state index contributed by atoms with van der Waals surface area (Å²) < 4.78 is 0. The molecule has 1 amide bonds. The standard InChI is InChI=1S/C8H9NO3/c1-5-3-2-4-6(7(5)10)8(11)9-12/h2-4,10,12H,1H3,(H,9,11). The van der Waals surface area contributed by atoms with Crippen LogP contribution in [0, 0.1) is 6.92 Å². The third kappa shape index (κ3) is 1.38. The molecule has 0 bridgehead atoms. The summed E-state index contributed by atoms with van der Waals surface area (Å²) in [7, 11) is 0. The molecule has 4 heteroatoms. The molecule has 0 spiro atoms. The van der Waals surface area contributed by atoms with E-state index >= 15 is 0 Å². The molecule has 0 aromatic heterocycles. The van der Waals surface area contributed by atoms with Crippen LogP contribution in [-0.4, -0.2) is 16.2 Å². The van der Waals surface area contributed by atoms with Crippen molar-refractivity contribution in [3.63, 3.8) is 0 Å². The Morgan fingerprint density at radius 2 is 2.17 bits per heavy atom. The molecule has 3 N–H and O–H groups in total. The number of hydroxylamine groups is 1. The number of hydrogen-bond acceptors (Lipinski definition) is 3. The Kier molecular flexibility index (Phi) is 2.30. The zero-order valence-corrected chi connectivity index (χ0v) is 6.53. The van der Waals surface area contributed by atoms with Gasteiger partial charge in [0, 0.05) is 0 Å². The van der Waals surface area contributed by atoms with E-state index in [1.165, 1.54) is 11.5 Å². The van der Waals surface area contributed by atoms with Gasteiger partial charge in [-0.2, -0.15) is 0 Å². The van der Waals surface area contributed by atoms with Gasteiger partial charge in [0.05, 0.1) is 5.56 Å². The second-order valence-electron chi connectivity index (χ2n) is 2.41. The van der Waals surface area contributed by atoms with Crippen LogP contribution in [0.2, 0.25) is 0 Å². The molecule has 0 aliphatic heterocycles. The van der Waals surface area contributed by atoms with Crippen molar-refractivity contribution < 1.29 is 15.1 Å². The zero-order valence-electron chi connectivity index (χ0n) is 6.53. The molecule has 12 heavy (non-hydrogen) atoms. The number of phenols is 1. The van der Waals surface area contributed by atoms with Gasteiger partial charge in [-0.25, -0.2) is 5.48 Å². The Morgan fingerprint density at radius 1 is 1.50 bits per heavy atom. The molecule has 0 aliphatic carbocycles. The van der Waals surface area contributed by atoms with Gasteiger partial charge >= 0.3 is 0 Å². The number of para-hydroxylation sites is 1. The van der Waals surface area contributed by atoms with Crippen LogP contribution in [0.25, 0.3) is 0 Å². The smallest absolute Gasteiger partial charge is 0.278 e. The van der Waals surface area contributed by atoms with E-state index in [0.29, 0.717) is 5.56 Å². The number of amides is 1. The van der Waals surface area contributed by atoms with Crippen molar-refractivity contribution in [1.82, 2.24) is 5.48 Å². The van der Waals surface area contributed by atoms with Crippen LogP contribution in [-0.2, 0) is 0 Å². The van der Waals surface area contributed by atoms with E-state index < -0.39 is 5.91 Å². The van der Waals surface area contributed by atoms with Gasteiger partial charge in [-0.15, -0.1) is 0 Å². The van der Waals surface area contributed by atoms with Gasteiger partial charge in [-0.3, -0.25) is 10.0 Å². The average Bonchev–Trinajstić information content (AvgIpc) is 2.08. The monoisotopic (exact) mass is 167 g/mol. The second kappa shape index (κ2) is 3.23. The number of phenolic OH excluding ortho intramolecular Hbond substituents is 1. The fourth-order valence-electron chi connectivity index (χ4n) is 0.902. The number of hydrogen-bond donors (Lipinski definition) is 3. The normalized spacial score (nSPS) is 9.50. The minimum Gasteiger partial charge on any atom is -0.507 e. The zero-order chi connectivity index (χ0) is 9.14. The summed E-state index contributed by atoms with van der Waals surface area (Å²) in [6.07, 6.45) is 0. The summed E-state index contributed by atoms with van der Waals surface area (Å²) in [5.74, 6) is -0.819. The Balaban J connectivity index is 3.16. The largest absolute Gasteiger partial charge is 0.507 e. The fourth-order valence-corrected chi connectivity index (χ4v) is 0.902. The Labute approximate surface area is 69.4 Å². The van der Waals surface area contributed by atoms with Gasteiger partial charge in [0.25, 0.3) is 5.91 Å². The molecule has 0 heterocycles. The van der Waals surface area contributed by atoms with Crippen LogP contribution >= 0.6 is 0 Å². The highest BCUT2D eigenvalue weighted by atomic mass is 16.5. The van der Waals surface area contributed by atoms with Gasteiger partial charge < -0.3 is 5.11 Å². The minimum absolute atomic E-state index is 0.0671. The van der Waals surface area contributed by atoms with E-state index in [9.17, 15) is 9.90 Å². The lowest BCUT2D eigenvalue weighted by Crippen LogP contribution is -2.18. The van der Waals surface area contributed by atoms with Crippen molar-refractivity contribution in [2.45, 2.75) is 6.92 Å². The van der Waals surface area contributed by atoms with Crippen LogP contribution in [0.4, 0.5) is 0 Å². The van der Waals surface area contributed by atoms with Crippen molar-refractivity contribution in [3.8, 4) is 5.75 Å². The molecule has 1 rings (SSSR count). The molecular formula is C8H9NO3. The number of nitrogens with one attached hydrogen (secondary N) is 1. The quantitative estimate of drug-likeness (QED) is 0.428. The Hall–Kier alpha value is -1.55. The van der Waals surface area contributed by atoms with Gasteiger partial charge in [0.15, 0.2) is 0 Å². The summed E-state index contributed by atoms with van der Waals surface area (Å²) in [6, 6.07) is 4.72. The van der Waals surface area contributed by atoms with Crippen LogP contribution in [0.1, 0.15) is 15.9 Å². The second-order valence-corrected chi connectivity index (χ2v) is 2.41. The molecular weight excluding hydrogens is 158 g/mol. The summed E-state index contributed by atoms with van der Waals surface area (Å²) >= 11 is 0. The van der Waals surface area contributed by atoms with Crippen molar-refractivity contribution in [1.29, 1.82) is 0 Å². The predicted molar refractivity (Wildman–Crippen MR) is 42.1 cm³/mol. The highest BCUT2D eigenvalue weighted by molar-refractivity contribution is 5.96. The first-order chi connectivity index (χ1) is 5.66. The lowest BCUT2D eigenvalue weighted by atomic mass is 10.1. The van der Waals surface area contributed by atoms with Gasteiger partial charge in [0.1, 0.15) is 5.75 Å². The van der Waals surface area contributed by atoms with Crippen LogP contribution < -0.4 is 5.48 Å². The summed E-state index contributed by atoms with van der Waals surface area (Å²) in [6.45, 7) is 1.67. The molecule has 64 valence electrons. The molecule has 0 unspecified atom stereocenters. The average molecular weight is 167 g/mol. The van der Waals surface area contributed by atoms with E-state index in [0.717, 1.165) is 0 Å². The number of carbonyl (C=O) groups excluding carboxylic acids is 1. The summed E-state index contributed by atoms with van der Waals surface area (Å²) in [4.78, 5) is 10.9. The fraction of sp³-hybridized carbons (Fsp3) is 0.125. The molecule has 1 aromatic rings. The lowest BCUT2D eigenvalue weighted by Gasteiger charge is -2.03. The van der Waals surface area contributed by atoms with E-state index in [1.54, 1.807) is 19.1 Å². The van der Waals surface area contributed by atoms with Crippen molar-refractivity contribution >= 4 is 5.91 Å². The Bertz CT molecular complexity index is 309. The molecule has 1 aromatic carbocycles. The van der Waals surface area contributed by atoms with Crippen molar-refractivity contribution in [2.75, 3.05) is 0 Å². The maximum Gasteiger partial charge on any atom is 0.278 e. The molecule has 0 saturated carbocycles. The van der Waals surface area contributed by atoms with Gasteiger partial charge in [-0.05, 0) is 18.6 Å². The first kappa shape index (κ1) is 8.55.